The number of hydrogen-bond donors (Lipinski definition) is 3. The standard InChI is InChI=1S/C6H11NO2.C2HF3O2/c1-4-2-3-5(7-4)6(8)9;3-2(4,5)1(6)7/h4-5,7H,2-3H2,1H3,(H,8,9);(H,6,7)/t4-,5-;/m0./s1. The van der Waals surface area contributed by atoms with Crippen molar-refractivity contribution in [3.05, 3.63) is 0 Å². The van der Waals surface area contributed by atoms with Gasteiger partial charge < -0.3 is 15.5 Å². The zero-order chi connectivity index (χ0) is 12.9. The molecular weight excluding hydrogens is 231 g/mol. The quantitative estimate of drug-likeness (QED) is 0.635. The molecule has 0 spiro atoms. The molecule has 0 bridgehead atoms. The number of carboxylic acid groups (broad SMARTS) is 2. The third-order valence-corrected chi connectivity index (χ3v) is 1.91. The molecule has 16 heavy (non-hydrogen) atoms. The summed E-state index contributed by atoms with van der Waals surface area (Å²) in [6.45, 7) is 2.00. The zero-order valence-corrected chi connectivity index (χ0v) is 8.41. The van der Waals surface area contributed by atoms with Crippen LogP contribution in [0.4, 0.5) is 13.2 Å². The molecule has 94 valence electrons. The molecule has 1 fully saturated rings. The highest BCUT2D eigenvalue weighted by Crippen LogP contribution is 2.13. The molecule has 1 saturated heterocycles. The summed E-state index contributed by atoms with van der Waals surface area (Å²) < 4.78 is 31.7. The first-order valence-corrected chi connectivity index (χ1v) is 4.43. The summed E-state index contributed by atoms with van der Waals surface area (Å²) in [5, 5.41) is 18.5. The Balaban J connectivity index is 0.000000293. The molecule has 8 heteroatoms. The van der Waals surface area contributed by atoms with Crippen LogP contribution >= 0.6 is 0 Å². The van der Waals surface area contributed by atoms with Gasteiger partial charge in [-0.3, -0.25) is 4.79 Å². The number of carbonyl (C=O) groups is 2. The molecule has 1 rings (SSSR count). The molecular formula is C8H12F3NO4. The van der Waals surface area contributed by atoms with Crippen molar-refractivity contribution in [2.45, 2.75) is 38.0 Å². The topological polar surface area (TPSA) is 86.6 Å². The maximum absolute atomic E-state index is 10.6. The number of hydrogen-bond acceptors (Lipinski definition) is 3. The maximum atomic E-state index is 10.6. The molecule has 0 saturated carbocycles. The minimum atomic E-state index is -5.08. The van der Waals surface area contributed by atoms with Gasteiger partial charge in [-0.1, -0.05) is 0 Å². The first kappa shape index (κ1) is 14.7. The van der Waals surface area contributed by atoms with E-state index in [-0.39, 0.29) is 6.04 Å². The lowest BCUT2D eigenvalue weighted by atomic mass is 10.2. The number of nitrogens with one attached hydrogen (secondary N) is 1. The molecule has 5 nitrogen and oxygen atoms in total. The van der Waals surface area contributed by atoms with E-state index in [9.17, 15) is 18.0 Å². The van der Waals surface area contributed by atoms with Gasteiger partial charge in [0.1, 0.15) is 6.04 Å². The Kier molecular flexibility index (Phi) is 5.22. The summed E-state index contributed by atoms with van der Waals surface area (Å²) in [7, 11) is 0. The monoisotopic (exact) mass is 243 g/mol. The highest BCUT2D eigenvalue weighted by Gasteiger charge is 2.38. The van der Waals surface area contributed by atoms with Gasteiger partial charge in [-0.05, 0) is 19.8 Å². The van der Waals surface area contributed by atoms with E-state index in [2.05, 4.69) is 5.32 Å². The van der Waals surface area contributed by atoms with Crippen LogP contribution in [0, 0.1) is 0 Å². The number of alkyl halides is 3. The lowest BCUT2D eigenvalue weighted by Gasteiger charge is -2.03. The number of carboxylic acids is 2. The van der Waals surface area contributed by atoms with Gasteiger partial charge in [-0.25, -0.2) is 4.79 Å². The Labute approximate surface area is 89.3 Å². The molecule has 0 aliphatic carbocycles. The average Bonchev–Trinajstić information content (AvgIpc) is 2.51. The van der Waals surface area contributed by atoms with Crippen molar-refractivity contribution in [1.29, 1.82) is 0 Å². The second-order valence-corrected chi connectivity index (χ2v) is 3.34. The molecule has 0 aromatic rings. The molecule has 3 N–H and O–H groups in total. The van der Waals surface area contributed by atoms with Gasteiger partial charge in [0.05, 0.1) is 0 Å². The molecule has 0 amide bonds. The van der Waals surface area contributed by atoms with E-state index in [1.807, 2.05) is 6.92 Å². The largest absolute Gasteiger partial charge is 0.490 e. The van der Waals surface area contributed by atoms with Gasteiger partial charge in [0, 0.05) is 6.04 Å². The van der Waals surface area contributed by atoms with Crippen molar-refractivity contribution in [1.82, 2.24) is 5.32 Å². The summed E-state index contributed by atoms with van der Waals surface area (Å²) in [6, 6.07) is 0.0890. The summed E-state index contributed by atoms with van der Waals surface area (Å²) >= 11 is 0. The average molecular weight is 243 g/mol. The van der Waals surface area contributed by atoms with Gasteiger partial charge >= 0.3 is 18.1 Å². The Morgan fingerprint density at radius 2 is 1.69 bits per heavy atom. The van der Waals surface area contributed by atoms with Crippen LogP contribution in [0.25, 0.3) is 0 Å². The van der Waals surface area contributed by atoms with E-state index in [1.54, 1.807) is 0 Å². The van der Waals surface area contributed by atoms with Crippen LogP contribution in [0.1, 0.15) is 19.8 Å². The highest BCUT2D eigenvalue weighted by atomic mass is 19.4. The van der Waals surface area contributed by atoms with Crippen LogP contribution in [-0.4, -0.2) is 40.4 Å². The Bertz CT molecular complexity index is 266. The fourth-order valence-electron chi connectivity index (χ4n) is 1.12. The van der Waals surface area contributed by atoms with E-state index in [0.29, 0.717) is 6.04 Å². The first-order valence-electron chi connectivity index (χ1n) is 4.43. The second kappa shape index (κ2) is 5.69. The van der Waals surface area contributed by atoms with Crippen molar-refractivity contribution in [3.8, 4) is 0 Å². The number of aliphatic carboxylic acids is 2. The van der Waals surface area contributed by atoms with Gasteiger partial charge in [0.2, 0.25) is 0 Å². The Morgan fingerprint density at radius 3 is 1.81 bits per heavy atom. The van der Waals surface area contributed by atoms with Crippen molar-refractivity contribution in [3.63, 3.8) is 0 Å². The van der Waals surface area contributed by atoms with Gasteiger partial charge in [0.25, 0.3) is 0 Å². The molecule has 0 unspecified atom stereocenters. The lowest BCUT2D eigenvalue weighted by Crippen LogP contribution is -2.33. The van der Waals surface area contributed by atoms with Crippen LogP contribution in [0.2, 0.25) is 0 Å². The molecule has 0 radical (unpaired) electrons. The van der Waals surface area contributed by atoms with E-state index < -0.39 is 18.1 Å². The third kappa shape index (κ3) is 5.54. The molecule has 1 aliphatic heterocycles. The van der Waals surface area contributed by atoms with Crippen molar-refractivity contribution in [2.24, 2.45) is 0 Å². The molecule has 1 heterocycles. The van der Waals surface area contributed by atoms with Crippen molar-refractivity contribution < 1.29 is 33.0 Å². The smallest absolute Gasteiger partial charge is 0.480 e. The van der Waals surface area contributed by atoms with Gasteiger partial charge in [0.15, 0.2) is 0 Å². The predicted molar refractivity (Wildman–Crippen MR) is 46.9 cm³/mol. The van der Waals surface area contributed by atoms with E-state index in [1.165, 1.54) is 0 Å². The first-order chi connectivity index (χ1) is 7.14. The lowest BCUT2D eigenvalue weighted by molar-refractivity contribution is -0.192. The summed E-state index contributed by atoms with van der Waals surface area (Å²) in [4.78, 5) is 19.2. The fraction of sp³-hybridized carbons (Fsp3) is 0.750. The van der Waals surface area contributed by atoms with Crippen molar-refractivity contribution >= 4 is 11.9 Å². The number of halogens is 3. The summed E-state index contributed by atoms with van der Waals surface area (Å²) in [5.74, 6) is -3.48. The minimum Gasteiger partial charge on any atom is -0.480 e. The van der Waals surface area contributed by atoms with Crippen LogP contribution in [0.3, 0.4) is 0 Å². The minimum absolute atomic E-state index is 0.292. The molecule has 0 aromatic carbocycles. The van der Waals surface area contributed by atoms with Crippen molar-refractivity contribution in [2.75, 3.05) is 0 Å². The van der Waals surface area contributed by atoms with E-state index in [4.69, 9.17) is 15.0 Å². The maximum Gasteiger partial charge on any atom is 0.490 e. The van der Waals surface area contributed by atoms with Crippen LogP contribution in [0.15, 0.2) is 0 Å². The van der Waals surface area contributed by atoms with E-state index in [0.717, 1.165) is 12.8 Å². The van der Waals surface area contributed by atoms with Crippen LogP contribution in [0.5, 0.6) is 0 Å². The Morgan fingerprint density at radius 1 is 1.25 bits per heavy atom. The summed E-state index contributed by atoms with van der Waals surface area (Å²) in [6.07, 6.45) is -3.33. The van der Waals surface area contributed by atoms with E-state index >= 15 is 0 Å². The second-order valence-electron chi connectivity index (χ2n) is 3.34. The fourth-order valence-corrected chi connectivity index (χ4v) is 1.12. The third-order valence-electron chi connectivity index (χ3n) is 1.91. The molecule has 2 atom stereocenters. The van der Waals surface area contributed by atoms with Gasteiger partial charge in [-0.15, -0.1) is 0 Å². The van der Waals surface area contributed by atoms with Crippen LogP contribution in [-0.2, 0) is 9.59 Å². The molecule has 0 aromatic heterocycles. The van der Waals surface area contributed by atoms with Crippen LogP contribution < -0.4 is 5.32 Å². The Hall–Kier alpha value is -1.31. The predicted octanol–water partition coefficient (Wildman–Crippen LogP) is 0.845. The zero-order valence-electron chi connectivity index (χ0n) is 8.41. The van der Waals surface area contributed by atoms with Gasteiger partial charge in [-0.2, -0.15) is 13.2 Å². The summed E-state index contributed by atoms with van der Waals surface area (Å²) in [5.41, 5.74) is 0. The number of rotatable bonds is 1. The molecule has 1 aliphatic rings. The normalized spacial score (nSPS) is 24.5. The SMILES string of the molecule is C[C@H]1CC[C@@H](C(=O)O)N1.O=C(O)C(F)(F)F. The highest BCUT2D eigenvalue weighted by molar-refractivity contribution is 5.73.